The monoisotopic (exact) mass is 450 g/mol. The fraction of sp³-hybridized carbons (Fsp3) is 0.0909. The minimum Gasteiger partial charge on any atom is -0.436 e. The third-order valence-electron chi connectivity index (χ3n) is 4.29. The van der Waals surface area contributed by atoms with Crippen LogP contribution in [0.15, 0.2) is 63.4 Å². The van der Waals surface area contributed by atoms with E-state index in [4.69, 9.17) is 9.68 Å². The van der Waals surface area contributed by atoms with Gasteiger partial charge in [0.05, 0.1) is 39.0 Å². The Labute approximate surface area is 185 Å². The van der Waals surface area contributed by atoms with Gasteiger partial charge in [-0.25, -0.2) is 14.4 Å². The Balaban J connectivity index is 1.60. The molecule has 4 aromatic rings. The summed E-state index contributed by atoms with van der Waals surface area (Å²) in [6.45, 7) is 1.83. The van der Waals surface area contributed by atoms with Crippen LogP contribution in [-0.4, -0.2) is 21.6 Å². The number of anilines is 1. The first-order chi connectivity index (χ1) is 15.1. The molecule has 1 N–H and O–H groups in total. The molecule has 1 amide bonds. The van der Waals surface area contributed by atoms with Gasteiger partial charge in [0.2, 0.25) is 5.89 Å². The van der Waals surface area contributed by atoms with Crippen LogP contribution in [0.4, 0.5) is 9.52 Å². The third-order valence-corrected chi connectivity index (χ3v) is 6.59. The molecule has 9 heteroatoms. The molecule has 0 unspecified atom stereocenters. The van der Waals surface area contributed by atoms with Crippen LogP contribution in [0.1, 0.15) is 16.1 Å². The van der Waals surface area contributed by atoms with Gasteiger partial charge in [0.15, 0.2) is 10.9 Å². The Morgan fingerprint density at radius 3 is 2.74 bits per heavy atom. The van der Waals surface area contributed by atoms with E-state index in [9.17, 15) is 9.18 Å². The van der Waals surface area contributed by atoms with Gasteiger partial charge in [0.25, 0.3) is 5.91 Å². The molecular weight excluding hydrogens is 435 g/mol. The van der Waals surface area contributed by atoms with E-state index in [1.807, 2.05) is 6.92 Å². The van der Waals surface area contributed by atoms with Crippen LogP contribution in [0.3, 0.4) is 0 Å². The highest BCUT2D eigenvalue weighted by Gasteiger charge is 2.19. The van der Waals surface area contributed by atoms with Gasteiger partial charge in [-0.3, -0.25) is 10.1 Å². The Kier molecular flexibility index (Phi) is 6.11. The van der Waals surface area contributed by atoms with Crippen molar-refractivity contribution in [2.24, 2.45) is 0 Å². The number of amides is 1. The average Bonchev–Trinajstić information content (AvgIpc) is 3.39. The Hall–Kier alpha value is -3.48. The predicted octanol–water partition coefficient (Wildman–Crippen LogP) is 5.78. The van der Waals surface area contributed by atoms with Gasteiger partial charge in [-0.05, 0) is 31.2 Å². The smallest absolute Gasteiger partial charge is 0.258 e. The van der Waals surface area contributed by atoms with Crippen LogP contribution in [0.5, 0.6) is 0 Å². The number of nitrogens with zero attached hydrogens (tertiary/aromatic N) is 3. The van der Waals surface area contributed by atoms with E-state index in [-0.39, 0.29) is 17.6 Å². The maximum atomic E-state index is 14.1. The van der Waals surface area contributed by atoms with E-state index in [0.717, 1.165) is 9.90 Å². The minimum atomic E-state index is -0.416. The molecule has 2 aromatic heterocycles. The topological polar surface area (TPSA) is 91.8 Å². The first-order valence-electron chi connectivity index (χ1n) is 9.15. The van der Waals surface area contributed by atoms with Crippen molar-refractivity contribution < 1.29 is 13.6 Å². The van der Waals surface area contributed by atoms with Crippen molar-refractivity contribution in [1.82, 2.24) is 9.97 Å². The van der Waals surface area contributed by atoms with Gasteiger partial charge in [0, 0.05) is 5.56 Å². The number of rotatable bonds is 6. The number of thioether (sulfide) groups is 1. The summed E-state index contributed by atoms with van der Waals surface area (Å²) in [5.74, 6) is 0.0168. The molecule has 0 spiro atoms. The number of aryl methyl sites for hydroxylation is 1. The van der Waals surface area contributed by atoms with Crippen molar-refractivity contribution in [1.29, 1.82) is 5.26 Å². The summed E-state index contributed by atoms with van der Waals surface area (Å²) in [5, 5.41) is 12.0. The van der Waals surface area contributed by atoms with E-state index in [1.165, 1.54) is 35.4 Å². The predicted molar refractivity (Wildman–Crippen MR) is 118 cm³/mol. The zero-order valence-corrected chi connectivity index (χ0v) is 17.9. The SMILES string of the molecule is Cc1nc(NC(=O)c2ccccc2-c2ncc(-c3ccccc3F)o2)sc1SCC#N. The number of halogens is 1. The molecule has 0 bridgehead atoms. The normalized spacial score (nSPS) is 10.6. The maximum absolute atomic E-state index is 14.1. The molecule has 2 aromatic carbocycles. The van der Waals surface area contributed by atoms with Gasteiger partial charge in [-0.1, -0.05) is 47.4 Å². The lowest BCUT2D eigenvalue weighted by Gasteiger charge is -2.06. The average molecular weight is 451 g/mol. The molecule has 0 aliphatic carbocycles. The maximum Gasteiger partial charge on any atom is 0.258 e. The molecule has 0 radical (unpaired) electrons. The molecule has 31 heavy (non-hydrogen) atoms. The molecule has 0 saturated heterocycles. The fourth-order valence-corrected chi connectivity index (χ4v) is 4.68. The fourth-order valence-electron chi connectivity index (χ4n) is 2.88. The Morgan fingerprint density at radius 1 is 1.23 bits per heavy atom. The van der Waals surface area contributed by atoms with Crippen LogP contribution < -0.4 is 5.32 Å². The summed E-state index contributed by atoms with van der Waals surface area (Å²) in [5.41, 5.74) is 1.89. The number of carbonyl (C=O) groups excluding carboxylic acids is 1. The van der Waals surface area contributed by atoms with Crippen LogP contribution >= 0.6 is 23.1 Å². The number of carbonyl (C=O) groups is 1. The van der Waals surface area contributed by atoms with Gasteiger partial charge >= 0.3 is 0 Å². The van der Waals surface area contributed by atoms with E-state index >= 15 is 0 Å². The van der Waals surface area contributed by atoms with E-state index in [0.29, 0.717) is 27.6 Å². The number of thiazole rings is 1. The zero-order chi connectivity index (χ0) is 21.8. The largest absolute Gasteiger partial charge is 0.436 e. The molecular formula is C22H15FN4O2S2. The molecule has 0 saturated carbocycles. The van der Waals surface area contributed by atoms with Crippen LogP contribution in [0, 0.1) is 24.1 Å². The second kappa shape index (κ2) is 9.12. The summed E-state index contributed by atoms with van der Waals surface area (Å²) < 4.78 is 20.7. The quantitative estimate of drug-likeness (QED) is 0.374. The number of benzene rings is 2. The second-order valence-electron chi connectivity index (χ2n) is 6.35. The first-order valence-corrected chi connectivity index (χ1v) is 11.0. The van der Waals surface area contributed by atoms with Gasteiger partial charge in [-0.15, -0.1) is 0 Å². The molecule has 0 aliphatic heterocycles. The molecule has 0 atom stereocenters. The number of oxazole rings is 1. The van der Waals surface area contributed by atoms with Crippen LogP contribution in [0.2, 0.25) is 0 Å². The lowest BCUT2D eigenvalue weighted by Crippen LogP contribution is -2.13. The van der Waals surface area contributed by atoms with Crippen LogP contribution in [-0.2, 0) is 0 Å². The summed E-state index contributed by atoms with van der Waals surface area (Å²) in [6.07, 6.45) is 1.44. The summed E-state index contributed by atoms with van der Waals surface area (Å²) in [6, 6.07) is 15.2. The third kappa shape index (κ3) is 4.50. The van der Waals surface area contributed by atoms with Crippen molar-refractivity contribution in [2.45, 2.75) is 11.1 Å². The van der Waals surface area contributed by atoms with Crippen molar-refractivity contribution >= 4 is 34.1 Å². The Bertz CT molecular complexity index is 1290. The lowest BCUT2D eigenvalue weighted by atomic mass is 10.1. The highest BCUT2D eigenvalue weighted by atomic mass is 32.2. The number of hydrogen-bond acceptors (Lipinski definition) is 7. The van der Waals surface area contributed by atoms with Crippen LogP contribution in [0.25, 0.3) is 22.8 Å². The zero-order valence-electron chi connectivity index (χ0n) is 16.3. The summed E-state index contributed by atoms with van der Waals surface area (Å²) in [7, 11) is 0. The second-order valence-corrected chi connectivity index (χ2v) is 8.59. The molecule has 0 aliphatic rings. The molecule has 4 rings (SSSR count). The van der Waals surface area contributed by atoms with E-state index in [1.54, 1.807) is 42.5 Å². The van der Waals surface area contributed by atoms with Crippen molar-refractivity contribution in [3.05, 3.63) is 71.8 Å². The van der Waals surface area contributed by atoms with Gasteiger partial charge in [0.1, 0.15) is 5.82 Å². The minimum absolute atomic E-state index is 0.213. The van der Waals surface area contributed by atoms with Crippen molar-refractivity contribution in [2.75, 3.05) is 11.1 Å². The van der Waals surface area contributed by atoms with Gasteiger partial charge < -0.3 is 4.42 Å². The van der Waals surface area contributed by atoms with Gasteiger partial charge in [-0.2, -0.15) is 5.26 Å². The van der Waals surface area contributed by atoms with Crippen molar-refractivity contribution in [3.8, 4) is 28.8 Å². The molecule has 154 valence electrons. The standard InChI is InChI=1S/C22H15FN4O2S2/c1-13-21(30-11-10-24)31-22(26-13)27-19(28)14-6-2-3-7-15(14)20-25-12-18(29-20)16-8-4-5-9-17(16)23/h2-9,12H,11H2,1H3,(H,26,27,28). The Morgan fingerprint density at radius 2 is 1.97 bits per heavy atom. The first kappa shape index (κ1) is 20.8. The number of nitrogens with one attached hydrogen (secondary N) is 1. The number of aromatic nitrogens is 2. The van der Waals surface area contributed by atoms with E-state index < -0.39 is 5.82 Å². The summed E-state index contributed by atoms with van der Waals surface area (Å²) in [4.78, 5) is 21.5. The van der Waals surface area contributed by atoms with Crippen molar-refractivity contribution in [3.63, 3.8) is 0 Å². The highest BCUT2D eigenvalue weighted by molar-refractivity contribution is 8.01. The lowest BCUT2D eigenvalue weighted by molar-refractivity contribution is 0.102. The van der Waals surface area contributed by atoms with E-state index in [2.05, 4.69) is 21.4 Å². The molecule has 6 nitrogen and oxygen atoms in total. The highest BCUT2D eigenvalue weighted by Crippen LogP contribution is 2.33. The number of nitriles is 1. The molecule has 2 heterocycles. The number of hydrogen-bond donors (Lipinski definition) is 1. The summed E-state index contributed by atoms with van der Waals surface area (Å²) >= 11 is 2.70. The molecule has 0 fully saturated rings.